The molecule has 2 aromatic rings. The zero-order valence-electron chi connectivity index (χ0n) is 6.16. The molecule has 0 unspecified atom stereocenters. The highest BCUT2D eigenvalue weighted by Crippen LogP contribution is 2.30. The van der Waals surface area contributed by atoms with E-state index in [1.807, 2.05) is 24.3 Å². The first-order valence-corrected chi connectivity index (χ1v) is 3.46. The summed E-state index contributed by atoms with van der Waals surface area (Å²) in [7, 11) is 0. The second kappa shape index (κ2) is 2.02. The summed E-state index contributed by atoms with van der Waals surface area (Å²) >= 11 is 0. The molecule has 11 heavy (non-hydrogen) atoms. The smallest absolute Gasteiger partial charge is 0.164 e. The van der Waals surface area contributed by atoms with Crippen molar-refractivity contribution in [3.8, 4) is 5.75 Å². The third-order valence-electron chi connectivity index (χ3n) is 1.74. The van der Waals surface area contributed by atoms with Crippen molar-refractivity contribution in [1.29, 1.82) is 0 Å². The maximum absolute atomic E-state index is 9.40. The van der Waals surface area contributed by atoms with Crippen LogP contribution in [0.4, 0.5) is 0 Å². The van der Waals surface area contributed by atoms with Gasteiger partial charge >= 0.3 is 0 Å². The lowest BCUT2D eigenvalue weighted by atomic mass is 10.2. The number of rotatable bonds is 0. The number of aromatic hydroxyl groups is 1. The molecule has 0 spiro atoms. The van der Waals surface area contributed by atoms with Crippen LogP contribution in [0.1, 0.15) is 5.76 Å². The average Bonchev–Trinajstić information content (AvgIpc) is 2.30. The summed E-state index contributed by atoms with van der Waals surface area (Å²) in [6.45, 7) is 1.75. The number of benzene rings is 1. The predicted molar refractivity (Wildman–Crippen MR) is 42.6 cm³/mol. The van der Waals surface area contributed by atoms with E-state index in [1.54, 1.807) is 6.92 Å². The van der Waals surface area contributed by atoms with Crippen LogP contribution in [0.25, 0.3) is 11.0 Å². The summed E-state index contributed by atoms with van der Waals surface area (Å²) in [6.07, 6.45) is 0. The second-order valence-electron chi connectivity index (χ2n) is 2.50. The summed E-state index contributed by atoms with van der Waals surface area (Å²) in [4.78, 5) is 0. The Morgan fingerprint density at radius 1 is 1.27 bits per heavy atom. The van der Waals surface area contributed by atoms with E-state index in [0.717, 1.165) is 11.0 Å². The van der Waals surface area contributed by atoms with Crippen molar-refractivity contribution in [3.63, 3.8) is 0 Å². The third-order valence-corrected chi connectivity index (χ3v) is 1.74. The second-order valence-corrected chi connectivity index (χ2v) is 2.50. The molecule has 1 aromatic carbocycles. The Hall–Kier alpha value is -1.44. The molecule has 1 N–H and O–H groups in total. The normalized spacial score (nSPS) is 10.6. The summed E-state index contributed by atoms with van der Waals surface area (Å²) in [5.41, 5.74) is 0.738. The molecule has 0 bridgehead atoms. The van der Waals surface area contributed by atoms with Crippen LogP contribution < -0.4 is 0 Å². The number of aryl methyl sites for hydroxylation is 1. The lowest BCUT2D eigenvalue weighted by Crippen LogP contribution is -1.62. The minimum absolute atomic E-state index is 0.251. The van der Waals surface area contributed by atoms with E-state index in [9.17, 15) is 5.11 Å². The lowest BCUT2D eigenvalue weighted by molar-refractivity contribution is 0.451. The van der Waals surface area contributed by atoms with Crippen molar-refractivity contribution in [2.24, 2.45) is 0 Å². The molecule has 0 saturated heterocycles. The molecule has 2 nitrogen and oxygen atoms in total. The highest BCUT2D eigenvalue weighted by atomic mass is 16.4. The van der Waals surface area contributed by atoms with E-state index in [0.29, 0.717) is 5.76 Å². The van der Waals surface area contributed by atoms with E-state index in [4.69, 9.17) is 4.42 Å². The van der Waals surface area contributed by atoms with E-state index in [-0.39, 0.29) is 5.75 Å². The Kier molecular flexibility index (Phi) is 1.15. The number of hydrogen-bond acceptors (Lipinski definition) is 2. The fraction of sp³-hybridized carbons (Fsp3) is 0.111. The molecule has 2 rings (SSSR count). The largest absolute Gasteiger partial charge is 0.504 e. The summed E-state index contributed by atoms with van der Waals surface area (Å²) in [6, 6.07) is 7.42. The van der Waals surface area contributed by atoms with Gasteiger partial charge in [-0.05, 0) is 19.1 Å². The van der Waals surface area contributed by atoms with E-state index >= 15 is 0 Å². The van der Waals surface area contributed by atoms with Crippen molar-refractivity contribution >= 4 is 11.0 Å². The molecule has 1 aromatic heterocycles. The average molecular weight is 148 g/mol. The summed E-state index contributed by atoms with van der Waals surface area (Å²) < 4.78 is 5.25. The first kappa shape index (κ1) is 6.28. The Labute approximate surface area is 64.1 Å². The van der Waals surface area contributed by atoms with Crippen LogP contribution in [0.15, 0.2) is 28.7 Å². The van der Waals surface area contributed by atoms with Crippen molar-refractivity contribution in [2.75, 3.05) is 0 Å². The first-order valence-electron chi connectivity index (χ1n) is 3.46. The van der Waals surface area contributed by atoms with Gasteiger partial charge in [0.15, 0.2) is 5.75 Å². The van der Waals surface area contributed by atoms with Crippen LogP contribution in [0.3, 0.4) is 0 Å². The summed E-state index contributed by atoms with van der Waals surface area (Å²) in [5, 5.41) is 10.2. The third kappa shape index (κ3) is 0.792. The molecule has 56 valence electrons. The maximum atomic E-state index is 9.40. The van der Waals surface area contributed by atoms with Gasteiger partial charge in [-0.2, -0.15) is 0 Å². The highest BCUT2D eigenvalue weighted by Gasteiger charge is 2.06. The van der Waals surface area contributed by atoms with Gasteiger partial charge in [0.2, 0.25) is 0 Å². The zero-order chi connectivity index (χ0) is 7.84. The van der Waals surface area contributed by atoms with E-state index < -0.39 is 0 Å². The van der Waals surface area contributed by atoms with Gasteiger partial charge in [-0.25, -0.2) is 0 Å². The molecule has 0 radical (unpaired) electrons. The van der Waals surface area contributed by atoms with Crippen LogP contribution in [-0.2, 0) is 0 Å². The maximum Gasteiger partial charge on any atom is 0.164 e. The van der Waals surface area contributed by atoms with Crippen LogP contribution in [0.5, 0.6) is 5.75 Å². The number of furan rings is 1. The highest BCUT2D eigenvalue weighted by molar-refractivity contribution is 5.84. The summed E-state index contributed by atoms with van der Waals surface area (Å²) in [5.74, 6) is 0.826. The van der Waals surface area contributed by atoms with Crippen molar-refractivity contribution in [3.05, 3.63) is 30.0 Å². The number of fused-ring (bicyclic) bond motifs is 1. The van der Waals surface area contributed by atoms with Crippen LogP contribution in [0, 0.1) is 6.92 Å². The lowest BCUT2D eigenvalue weighted by Gasteiger charge is -1.84. The molecule has 2 heteroatoms. The Balaban J connectivity index is 2.92. The van der Waals surface area contributed by atoms with Crippen LogP contribution in [-0.4, -0.2) is 5.11 Å². The van der Waals surface area contributed by atoms with Gasteiger partial charge in [0.25, 0.3) is 0 Å². The topological polar surface area (TPSA) is 33.4 Å². The molecule has 0 saturated carbocycles. The van der Waals surface area contributed by atoms with E-state index in [1.165, 1.54) is 0 Å². The standard InChI is InChI=1S/C9H8O2/c1-6-9(10)7-4-2-3-5-8(7)11-6/h2-5,10H,1H3. The SMILES string of the molecule is Cc1oc2ccccc2c1O. The van der Waals surface area contributed by atoms with E-state index in [2.05, 4.69) is 0 Å². The van der Waals surface area contributed by atoms with Crippen LogP contribution >= 0.6 is 0 Å². The molecular weight excluding hydrogens is 140 g/mol. The van der Waals surface area contributed by atoms with Gasteiger partial charge in [-0.15, -0.1) is 0 Å². The molecule has 0 fully saturated rings. The fourth-order valence-electron chi connectivity index (χ4n) is 1.15. The molecule has 0 amide bonds. The van der Waals surface area contributed by atoms with Gasteiger partial charge in [-0.3, -0.25) is 0 Å². The predicted octanol–water partition coefficient (Wildman–Crippen LogP) is 2.45. The molecule has 0 atom stereocenters. The van der Waals surface area contributed by atoms with Gasteiger partial charge in [0.05, 0.1) is 5.39 Å². The molecule has 0 aliphatic carbocycles. The van der Waals surface area contributed by atoms with Gasteiger partial charge in [0, 0.05) is 0 Å². The molecular formula is C9H8O2. The van der Waals surface area contributed by atoms with Crippen molar-refractivity contribution in [1.82, 2.24) is 0 Å². The Bertz CT molecular complexity index is 387. The number of hydrogen-bond donors (Lipinski definition) is 1. The molecule has 0 aliphatic heterocycles. The van der Waals surface area contributed by atoms with Crippen LogP contribution in [0.2, 0.25) is 0 Å². The minimum Gasteiger partial charge on any atom is -0.504 e. The van der Waals surface area contributed by atoms with Gasteiger partial charge in [-0.1, -0.05) is 12.1 Å². The fourth-order valence-corrected chi connectivity index (χ4v) is 1.15. The zero-order valence-corrected chi connectivity index (χ0v) is 6.16. The van der Waals surface area contributed by atoms with Gasteiger partial charge < -0.3 is 9.52 Å². The first-order chi connectivity index (χ1) is 5.29. The Morgan fingerprint density at radius 3 is 2.73 bits per heavy atom. The van der Waals surface area contributed by atoms with Crippen molar-refractivity contribution in [2.45, 2.75) is 6.92 Å². The monoisotopic (exact) mass is 148 g/mol. The Morgan fingerprint density at radius 2 is 2.00 bits per heavy atom. The van der Waals surface area contributed by atoms with Crippen molar-refractivity contribution < 1.29 is 9.52 Å². The molecule has 1 heterocycles. The van der Waals surface area contributed by atoms with Gasteiger partial charge in [0.1, 0.15) is 11.3 Å². The molecule has 0 aliphatic rings. The number of para-hydroxylation sites is 1. The minimum atomic E-state index is 0.251. The quantitative estimate of drug-likeness (QED) is 0.622.